The number of amides is 2. The summed E-state index contributed by atoms with van der Waals surface area (Å²) in [5.74, 6) is -0.101. The molecule has 1 aromatic heterocycles. The van der Waals surface area contributed by atoms with Crippen molar-refractivity contribution in [2.45, 2.75) is 51.4 Å². The lowest BCUT2D eigenvalue weighted by atomic mass is 9.53. The molecule has 2 heterocycles. The number of primary amides is 2. The molecular formula is C24H33N3O3. The van der Waals surface area contributed by atoms with E-state index in [0.717, 1.165) is 32.2 Å². The monoisotopic (exact) mass is 411 g/mol. The Morgan fingerprint density at radius 2 is 1.70 bits per heavy atom. The number of hydrogen-bond donors (Lipinski definition) is 2. The molecule has 1 saturated heterocycles. The molecule has 6 nitrogen and oxygen atoms in total. The molecule has 1 aliphatic heterocycles. The van der Waals surface area contributed by atoms with Gasteiger partial charge < -0.3 is 20.8 Å². The molecule has 5 rings (SSSR count). The molecule has 2 bridgehead atoms. The molecule has 0 unspecified atom stereocenters. The molecular weight excluding hydrogens is 378 g/mol. The van der Waals surface area contributed by atoms with Crippen LogP contribution in [0.1, 0.15) is 50.7 Å². The number of nitrogens with zero attached hydrogens (tertiary/aromatic N) is 1. The summed E-state index contributed by atoms with van der Waals surface area (Å²) in [5.41, 5.74) is 10.4. The lowest BCUT2D eigenvalue weighted by molar-refractivity contribution is -0.152. The summed E-state index contributed by atoms with van der Waals surface area (Å²) in [6.07, 6.45) is 13.4. The molecule has 3 aliphatic carbocycles. The number of likely N-dealkylation sites (tertiary alicyclic amines) is 1. The first-order valence-corrected chi connectivity index (χ1v) is 11.5. The van der Waals surface area contributed by atoms with Crippen LogP contribution in [0.25, 0.3) is 0 Å². The first kappa shape index (κ1) is 19.9. The van der Waals surface area contributed by atoms with Crippen molar-refractivity contribution >= 4 is 11.8 Å². The number of allylic oxidation sites excluding steroid dienone is 2. The SMILES string of the molecule is NC(=O)[C@]1(CCCCN2CCCC2)[C@@H]2C=C[C@@H](C23CC3)[C@@]1(Cc1ccco1)C(N)=O. The van der Waals surface area contributed by atoms with Gasteiger partial charge in [-0.1, -0.05) is 18.6 Å². The van der Waals surface area contributed by atoms with Crippen molar-refractivity contribution in [3.63, 3.8) is 0 Å². The lowest BCUT2D eigenvalue weighted by Gasteiger charge is -2.47. The molecule has 30 heavy (non-hydrogen) atoms. The van der Waals surface area contributed by atoms with E-state index < -0.39 is 16.7 Å². The molecule has 0 aromatic carbocycles. The highest BCUT2D eigenvalue weighted by Gasteiger charge is 2.82. The molecule has 1 aromatic rings. The average molecular weight is 412 g/mol. The highest BCUT2D eigenvalue weighted by Crippen LogP contribution is 2.81. The third-order valence-corrected chi connectivity index (χ3v) is 8.83. The summed E-state index contributed by atoms with van der Waals surface area (Å²) in [6.45, 7) is 3.38. The van der Waals surface area contributed by atoms with Crippen LogP contribution in [0.15, 0.2) is 35.0 Å². The van der Waals surface area contributed by atoms with Crippen LogP contribution in [-0.2, 0) is 16.0 Å². The van der Waals surface area contributed by atoms with Gasteiger partial charge in [0.1, 0.15) is 5.76 Å². The largest absolute Gasteiger partial charge is 0.469 e. The predicted octanol–water partition coefficient (Wildman–Crippen LogP) is 2.63. The number of furan rings is 1. The minimum absolute atomic E-state index is 0.00162. The standard InChI is InChI=1S/C24H33N3O3/c25-20(28)23(9-1-2-12-27-13-3-4-14-27)18-7-8-19(22(18)10-11-22)24(23,21(26)29)16-17-6-5-15-30-17/h5-8,15,18-19H,1-4,9-14,16H2,(H2,25,28)(H2,26,29)/t18-,19+,23+,24+/m1/s1. The van der Waals surface area contributed by atoms with Gasteiger partial charge in [-0.15, -0.1) is 0 Å². The Balaban J connectivity index is 1.49. The Hall–Kier alpha value is -2.08. The zero-order chi connectivity index (χ0) is 21.0. The van der Waals surface area contributed by atoms with Crippen LogP contribution in [0.2, 0.25) is 0 Å². The highest BCUT2D eigenvalue weighted by molar-refractivity contribution is 5.95. The van der Waals surface area contributed by atoms with E-state index in [-0.39, 0.29) is 23.2 Å². The van der Waals surface area contributed by atoms with Crippen LogP contribution in [0, 0.1) is 28.1 Å². The zero-order valence-electron chi connectivity index (χ0n) is 17.6. The normalized spacial score (nSPS) is 36.0. The molecule has 2 saturated carbocycles. The Morgan fingerprint density at radius 3 is 2.27 bits per heavy atom. The van der Waals surface area contributed by atoms with Crippen LogP contribution in [0.5, 0.6) is 0 Å². The van der Waals surface area contributed by atoms with Crippen molar-refractivity contribution in [1.29, 1.82) is 0 Å². The van der Waals surface area contributed by atoms with Gasteiger partial charge in [-0.3, -0.25) is 9.59 Å². The van der Waals surface area contributed by atoms with E-state index >= 15 is 0 Å². The summed E-state index contributed by atoms with van der Waals surface area (Å²) < 4.78 is 5.64. The van der Waals surface area contributed by atoms with E-state index in [0.29, 0.717) is 18.6 Å². The van der Waals surface area contributed by atoms with Crippen LogP contribution >= 0.6 is 0 Å². The number of carbonyl (C=O) groups is 2. The van der Waals surface area contributed by atoms with Crippen molar-refractivity contribution < 1.29 is 14.0 Å². The van der Waals surface area contributed by atoms with Crippen LogP contribution in [-0.4, -0.2) is 36.3 Å². The average Bonchev–Trinajstić information content (AvgIpc) is 3.10. The maximum Gasteiger partial charge on any atom is 0.225 e. The van der Waals surface area contributed by atoms with Crippen molar-refractivity contribution in [2.24, 2.45) is 39.5 Å². The molecule has 3 fully saturated rings. The lowest BCUT2D eigenvalue weighted by Crippen LogP contribution is -2.60. The maximum atomic E-state index is 13.3. The van der Waals surface area contributed by atoms with Gasteiger partial charge in [0.25, 0.3) is 0 Å². The van der Waals surface area contributed by atoms with Gasteiger partial charge in [0.05, 0.1) is 17.1 Å². The van der Waals surface area contributed by atoms with Gasteiger partial charge in [0, 0.05) is 6.42 Å². The summed E-state index contributed by atoms with van der Waals surface area (Å²) in [6, 6.07) is 3.70. The molecule has 6 heteroatoms. The molecule has 4 atom stereocenters. The molecule has 1 spiro atoms. The minimum Gasteiger partial charge on any atom is -0.469 e. The van der Waals surface area contributed by atoms with E-state index in [1.807, 2.05) is 12.1 Å². The van der Waals surface area contributed by atoms with E-state index in [2.05, 4.69) is 17.1 Å². The predicted molar refractivity (Wildman–Crippen MR) is 113 cm³/mol. The second-order valence-corrected chi connectivity index (χ2v) is 10.0. The Morgan fingerprint density at radius 1 is 1.03 bits per heavy atom. The fraction of sp³-hybridized carbons (Fsp3) is 0.667. The first-order chi connectivity index (χ1) is 14.5. The number of carbonyl (C=O) groups excluding carboxylic acids is 2. The Kier molecular flexibility index (Phi) is 4.62. The fourth-order valence-corrected chi connectivity index (χ4v) is 7.47. The first-order valence-electron chi connectivity index (χ1n) is 11.5. The number of nitrogens with two attached hydrogens (primary N) is 2. The molecule has 4 aliphatic rings. The quantitative estimate of drug-likeness (QED) is 0.482. The molecule has 4 N–H and O–H groups in total. The van der Waals surface area contributed by atoms with Crippen LogP contribution in [0.3, 0.4) is 0 Å². The third-order valence-electron chi connectivity index (χ3n) is 8.83. The summed E-state index contributed by atoms with van der Waals surface area (Å²) in [5, 5.41) is 0. The molecule has 2 amide bonds. The second-order valence-electron chi connectivity index (χ2n) is 10.0. The van der Waals surface area contributed by atoms with Gasteiger partial charge in [0.15, 0.2) is 0 Å². The topological polar surface area (TPSA) is 103 Å². The maximum absolute atomic E-state index is 13.3. The van der Waals surface area contributed by atoms with Crippen molar-refractivity contribution in [2.75, 3.05) is 19.6 Å². The van der Waals surface area contributed by atoms with Crippen molar-refractivity contribution in [3.8, 4) is 0 Å². The van der Waals surface area contributed by atoms with E-state index in [4.69, 9.17) is 15.9 Å². The van der Waals surface area contributed by atoms with E-state index in [1.165, 1.54) is 25.9 Å². The highest BCUT2D eigenvalue weighted by atomic mass is 16.3. The van der Waals surface area contributed by atoms with Crippen LogP contribution in [0.4, 0.5) is 0 Å². The second kappa shape index (κ2) is 6.98. The third kappa shape index (κ3) is 2.52. The molecule has 0 radical (unpaired) electrons. The van der Waals surface area contributed by atoms with Crippen molar-refractivity contribution in [3.05, 3.63) is 36.3 Å². The fourth-order valence-electron chi connectivity index (χ4n) is 7.47. The Labute approximate surface area is 178 Å². The van der Waals surface area contributed by atoms with Crippen LogP contribution < -0.4 is 11.5 Å². The number of rotatable bonds is 9. The number of hydrogen-bond acceptors (Lipinski definition) is 4. The van der Waals surface area contributed by atoms with Crippen molar-refractivity contribution in [1.82, 2.24) is 4.90 Å². The van der Waals surface area contributed by atoms with Gasteiger partial charge in [0.2, 0.25) is 11.8 Å². The van der Waals surface area contributed by atoms with E-state index in [9.17, 15) is 9.59 Å². The van der Waals surface area contributed by atoms with Gasteiger partial charge in [-0.25, -0.2) is 0 Å². The molecule has 162 valence electrons. The summed E-state index contributed by atoms with van der Waals surface area (Å²) >= 11 is 0. The summed E-state index contributed by atoms with van der Waals surface area (Å²) in [7, 11) is 0. The zero-order valence-corrected chi connectivity index (χ0v) is 17.6. The van der Waals surface area contributed by atoms with Gasteiger partial charge >= 0.3 is 0 Å². The minimum atomic E-state index is -1.01. The smallest absolute Gasteiger partial charge is 0.225 e. The summed E-state index contributed by atoms with van der Waals surface area (Å²) in [4.78, 5) is 29.0. The number of unbranched alkanes of at least 4 members (excludes halogenated alkanes) is 1. The van der Waals surface area contributed by atoms with Gasteiger partial charge in [-0.2, -0.15) is 0 Å². The Bertz CT molecular complexity index is 853. The van der Waals surface area contributed by atoms with E-state index in [1.54, 1.807) is 6.26 Å². The van der Waals surface area contributed by atoms with Gasteiger partial charge in [-0.05, 0) is 87.5 Å².